The van der Waals surface area contributed by atoms with Gasteiger partial charge in [-0.15, -0.1) is 0 Å². The van der Waals surface area contributed by atoms with E-state index < -0.39 is 60.1 Å². The molecule has 1 aromatic rings. The summed E-state index contributed by atoms with van der Waals surface area (Å²) >= 11 is 0. The monoisotopic (exact) mass is 496 g/mol. The van der Waals surface area contributed by atoms with Crippen molar-refractivity contribution in [1.82, 2.24) is 9.97 Å². The van der Waals surface area contributed by atoms with Crippen LogP contribution >= 0.6 is 23.5 Å². The third-order valence-electron chi connectivity index (χ3n) is 3.71. The molecule has 172 valence electrons. The van der Waals surface area contributed by atoms with E-state index in [0.29, 0.717) is 5.69 Å². The summed E-state index contributed by atoms with van der Waals surface area (Å²) in [4.78, 5) is 53.3. The van der Waals surface area contributed by atoms with Crippen LogP contribution in [0.3, 0.4) is 0 Å². The molecule has 0 aromatic carbocycles. The summed E-state index contributed by atoms with van der Waals surface area (Å²) in [6, 6.07) is 0. The van der Waals surface area contributed by atoms with Crippen molar-refractivity contribution in [3.8, 4) is 0 Å². The molecule has 0 bridgehead atoms. The number of aromatic nitrogens is 2. The summed E-state index contributed by atoms with van der Waals surface area (Å²) < 4.78 is 56.1. The number of hydrogen-bond donors (Lipinski definition) is 6. The van der Waals surface area contributed by atoms with Crippen molar-refractivity contribution in [2.45, 2.75) is 31.3 Å². The number of rotatable bonds is 9. The number of aliphatic hydroxyl groups excluding tert-OH is 1. The standard InChI is InChI=1S/C11H19N2O14P3/c1-5-8(12-3-7(14)13-5)10-11(23-2)9(15)6(25-10)4-24-29(19,20)27-30(21,22)26-28(16,17)18/h3,6,9-11,15H,4H2,1-2H3,(H,13,14)(H,19,20)(H,21,22)(H2,16,17,18)/t6-,9?,10+,11+/m1/s1. The molecule has 0 aliphatic carbocycles. The molecule has 6 N–H and O–H groups in total. The van der Waals surface area contributed by atoms with Crippen LogP contribution in [0.4, 0.5) is 0 Å². The first-order chi connectivity index (χ1) is 13.6. The molecule has 16 nitrogen and oxygen atoms in total. The van der Waals surface area contributed by atoms with Gasteiger partial charge in [-0.3, -0.25) is 14.3 Å². The van der Waals surface area contributed by atoms with Gasteiger partial charge in [0.15, 0.2) is 0 Å². The van der Waals surface area contributed by atoms with Crippen LogP contribution in [0.25, 0.3) is 0 Å². The first-order valence-electron chi connectivity index (χ1n) is 7.84. The lowest BCUT2D eigenvalue weighted by Gasteiger charge is -2.19. The molecule has 1 aliphatic rings. The molecule has 0 amide bonds. The number of phosphoric acid groups is 3. The van der Waals surface area contributed by atoms with E-state index in [1.807, 2.05) is 0 Å². The maximum atomic E-state index is 11.8. The van der Waals surface area contributed by atoms with Crippen molar-refractivity contribution in [3.63, 3.8) is 0 Å². The van der Waals surface area contributed by atoms with Crippen molar-refractivity contribution in [2.75, 3.05) is 13.7 Å². The van der Waals surface area contributed by atoms with E-state index in [1.54, 1.807) is 0 Å². The second-order valence-corrected chi connectivity index (χ2v) is 10.4. The number of aryl methyl sites for hydroxylation is 1. The Morgan fingerprint density at radius 2 is 1.80 bits per heavy atom. The largest absolute Gasteiger partial charge is 0.490 e. The lowest BCUT2D eigenvalue weighted by Crippen LogP contribution is -2.34. The van der Waals surface area contributed by atoms with Gasteiger partial charge < -0.3 is 39.1 Å². The number of methoxy groups -OCH3 is 1. The zero-order valence-electron chi connectivity index (χ0n) is 15.3. The van der Waals surface area contributed by atoms with Gasteiger partial charge in [0.1, 0.15) is 24.4 Å². The number of hydrogen-bond acceptors (Lipinski definition) is 11. The molecule has 19 heteroatoms. The Balaban J connectivity index is 2.09. The number of phosphoric ester groups is 1. The summed E-state index contributed by atoms with van der Waals surface area (Å²) in [7, 11) is -15.3. The first-order valence-corrected chi connectivity index (χ1v) is 12.4. The molecule has 2 heterocycles. The van der Waals surface area contributed by atoms with E-state index in [4.69, 9.17) is 24.2 Å². The summed E-state index contributed by atoms with van der Waals surface area (Å²) in [6.45, 7) is 0.648. The van der Waals surface area contributed by atoms with Crippen LogP contribution in [0, 0.1) is 6.92 Å². The lowest BCUT2D eigenvalue weighted by atomic mass is 10.0. The first kappa shape index (κ1) is 25.4. The summed E-state index contributed by atoms with van der Waals surface area (Å²) in [5.41, 5.74) is 0.0459. The van der Waals surface area contributed by atoms with Crippen LogP contribution in [-0.2, 0) is 36.3 Å². The Morgan fingerprint density at radius 1 is 1.17 bits per heavy atom. The zero-order valence-corrected chi connectivity index (χ0v) is 18.0. The average molecular weight is 496 g/mol. The van der Waals surface area contributed by atoms with Gasteiger partial charge in [-0.25, -0.2) is 13.7 Å². The van der Waals surface area contributed by atoms with Crippen LogP contribution in [0.1, 0.15) is 17.5 Å². The lowest BCUT2D eigenvalue weighted by molar-refractivity contribution is -0.0249. The van der Waals surface area contributed by atoms with Gasteiger partial charge in [-0.05, 0) is 6.92 Å². The van der Waals surface area contributed by atoms with Crippen molar-refractivity contribution in [2.24, 2.45) is 0 Å². The van der Waals surface area contributed by atoms with Gasteiger partial charge in [0.2, 0.25) is 0 Å². The quantitative estimate of drug-likeness (QED) is 0.230. The molecule has 0 radical (unpaired) electrons. The van der Waals surface area contributed by atoms with Crippen molar-refractivity contribution < 1.29 is 61.0 Å². The van der Waals surface area contributed by atoms with E-state index in [-0.39, 0.29) is 5.69 Å². The van der Waals surface area contributed by atoms with Crippen molar-refractivity contribution in [3.05, 3.63) is 27.9 Å². The second kappa shape index (κ2) is 9.35. The molecule has 30 heavy (non-hydrogen) atoms. The molecular formula is C11H19N2O14P3. The summed E-state index contributed by atoms with van der Waals surface area (Å²) in [6.07, 6.45) is -3.82. The highest BCUT2D eigenvalue weighted by Crippen LogP contribution is 2.66. The van der Waals surface area contributed by atoms with Gasteiger partial charge >= 0.3 is 23.5 Å². The van der Waals surface area contributed by atoms with Crippen LogP contribution < -0.4 is 5.56 Å². The Bertz CT molecular complexity index is 961. The van der Waals surface area contributed by atoms with Crippen LogP contribution in [0.15, 0.2) is 11.0 Å². The highest BCUT2D eigenvalue weighted by molar-refractivity contribution is 7.66. The van der Waals surface area contributed by atoms with E-state index >= 15 is 0 Å². The highest BCUT2D eigenvalue weighted by Gasteiger charge is 2.48. The number of aliphatic hydroxyl groups is 1. The predicted molar refractivity (Wildman–Crippen MR) is 93.8 cm³/mol. The number of aromatic amines is 1. The van der Waals surface area contributed by atoms with E-state index in [0.717, 1.165) is 6.20 Å². The maximum Gasteiger partial charge on any atom is 0.490 e. The topological polar surface area (TPSA) is 244 Å². The highest BCUT2D eigenvalue weighted by atomic mass is 31.3. The van der Waals surface area contributed by atoms with Crippen LogP contribution in [-0.4, -0.2) is 66.7 Å². The molecule has 1 aromatic heterocycles. The third kappa shape index (κ3) is 6.84. The fourth-order valence-electron chi connectivity index (χ4n) is 2.62. The smallest absolute Gasteiger partial charge is 0.387 e. The molecule has 3 unspecified atom stereocenters. The fourth-order valence-corrected chi connectivity index (χ4v) is 5.65. The average Bonchev–Trinajstić information content (AvgIpc) is 2.85. The van der Waals surface area contributed by atoms with Crippen LogP contribution in [0.5, 0.6) is 0 Å². The van der Waals surface area contributed by atoms with Gasteiger partial charge in [0, 0.05) is 12.8 Å². The Kier molecular flexibility index (Phi) is 7.92. The number of H-pyrrole nitrogens is 1. The minimum Gasteiger partial charge on any atom is -0.387 e. The second-order valence-electron chi connectivity index (χ2n) is 5.93. The minimum atomic E-state index is -5.67. The van der Waals surface area contributed by atoms with E-state index in [2.05, 4.69) is 23.1 Å². The van der Waals surface area contributed by atoms with Crippen LogP contribution in [0.2, 0.25) is 0 Å². The fraction of sp³-hybridized carbons (Fsp3) is 0.636. The van der Waals surface area contributed by atoms with Gasteiger partial charge in [0.05, 0.1) is 18.5 Å². The molecule has 2 rings (SSSR count). The molecule has 1 aliphatic heterocycles. The normalized spacial score (nSPS) is 28.8. The van der Waals surface area contributed by atoms with Crippen molar-refractivity contribution in [1.29, 1.82) is 0 Å². The maximum absolute atomic E-state index is 11.8. The molecular weight excluding hydrogens is 477 g/mol. The number of nitrogens with one attached hydrogen (secondary N) is 1. The number of ether oxygens (including phenoxy) is 2. The predicted octanol–water partition coefficient (Wildman–Crippen LogP) is -0.763. The van der Waals surface area contributed by atoms with Gasteiger partial charge in [0.25, 0.3) is 5.56 Å². The third-order valence-corrected chi connectivity index (χ3v) is 7.52. The van der Waals surface area contributed by atoms with Gasteiger partial charge in [-0.2, -0.15) is 8.62 Å². The number of nitrogens with zero attached hydrogens (tertiary/aromatic N) is 1. The zero-order chi connectivity index (χ0) is 22.9. The molecule has 0 spiro atoms. The van der Waals surface area contributed by atoms with Crippen molar-refractivity contribution >= 4 is 23.5 Å². The molecule has 1 saturated heterocycles. The van der Waals surface area contributed by atoms with Gasteiger partial charge in [-0.1, -0.05) is 0 Å². The molecule has 1 fully saturated rings. The van der Waals surface area contributed by atoms with E-state index in [9.17, 15) is 28.5 Å². The van der Waals surface area contributed by atoms with E-state index in [1.165, 1.54) is 14.0 Å². The molecule has 6 atom stereocenters. The minimum absolute atomic E-state index is 0.210. The Morgan fingerprint density at radius 3 is 2.33 bits per heavy atom. The Labute approximate surface area is 168 Å². The SMILES string of the molecule is CO[C@H]1C(O)[C@@H](COP(=O)(O)OP(=O)(O)OP(=O)(O)O)O[C@H]1c1ncc(=O)[nH]c1C. The summed E-state index contributed by atoms with van der Waals surface area (Å²) in [5.74, 6) is 0. The molecule has 0 saturated carbocycles. The Hall–Kier alpha value is -0.830. The summed E-state index contributed by atoms with van der Waals surface area (Å²) in [5, 5.41) is 10.3.